The summed E-state index contributed by atoms with van der Waals surface area (Å²) in [5, 5.41) is 0. The van der Waals surface area contributed by atoms with Gasteiger partial charge in [-0.1, -0.05) is 66.7 Å². The second-order valence-electron chi connectivity index (χ2n) is 7.09. The van der Waals surface area contributed by atoms with E-state index >= 15 is 0 Å². The molecule has 3 atom stereocenters. The van der Waals surface area contributed by atoms with Crippen LogP contribution in [-0.2, 0) is 4.79 Å². The third-order valence-corrected chi connectivity index (χ3v) is 5.41. The van der Waals surface area contributed by atoms with Crippen LogP contribution in [0.4, 0.5) is 4.79 Å². The van der Waals surface area contributed by atoms with E-state index in [9.17, 15) is 9.59 Å². The summed E-state index contributed by atoms with van der Waals surface area (Å²) in [6.07, 6.45) is 2.81. The Morgan fingerprint density at radius 2 is 1.70 bits per heavy atom. The SMILES string of the molecule is C=CC[C@@H](CC(=O)N1C(=O)N(C)[C@@H](C)[C@H]1c1ccccc1)c1ccccc1. The monoisotopic (exact) mass is 362 g/mol. The average Bonchev–Trinajstić information content (AvgIpc) is 2.93. The lowest BCUT2D eigenvalue weighted by atomic mass is 9.91. The number of hydrogen-bond donors (Lipinski definition) is 0. The first-order valence-corrected chi connectivity index (χ1v) is 9.34. The Morgan fingerprint density at radius 1 is 1.11 bits per heavy atom. The maximum absolute atomic E-state index is 13.2. The largest absolute Gasteiger partial charge is 0.327 e. The number of nitrogens with zero attached hydrogens (tertiary/aromatic N) is 2. The third kappa shape index (κ3) is 3.80. The van der Waals surface area contributed by atoms with Crippen molar-refractivity contribution in [1.82, 2.24) is 9.80 Å². The predicted molar refractivity (Wildman–Crippen MR) is 107 cm³/mol. The summed E-state index contributed by atoms with van der Waals surface area (Å²) < 4.78 is 0. The minimum Gasteiger partial charge on any atom is -0.322 e. The lowest BCUT2D eigenvalue weighted by molar-refractivity contribution is -0.129. The van der Waals surface area contributed by atoms with E-state index in [2.05, 4.69) is 6.58 Å². The van der Waals surface area contributed by atoms with E-state index in [1.54, 1.807) is 11.9 Å². The van der Waals surface area contributed by atoms with Crippen LogP contribution in [0.25, 0.3) is 0 Å². The second kappa shape index (κ2) is 8.21. The van der Waals surface area contributed by atoms with E-state index in [0.29, 0.717) is 6.42 Å². The van der Waals surface area contributed by atoms with E-state index in [1.165, 1.54) is 4.90 Å². The molecular formula is C23H26N2O2. The molecule has 0 radical (unpaired) electrons. The quantitative estimate of drug-likeness (QED) is 0.695. The van der Waals surface area contributed by atoms with Crippen molar-refractivity contribution in [3.63, 3.8) is 0 Å². The number of urea groups is 1. The van der Waals surface area contributed by atoms with E-state index in [1.807, 2.05) is 73.7 Å². The molecule has 0 aromatic heterocycles. The van der Waals surface area contributed by atoms with Crippen LogP contribution in [0.2, 0.25) is 0 Å². The summed E-state index contributed by atoms with van der Waals surface area (Å²) in [6, 6.07) is 19.2. The van der Waals surface area contributed by atoms with Crippen molar-refractivity contribution in [2.24, 2.45) is 0 Å². The molecule has 2 aromatic carbocycles. The lowest BCUT2D eigenvalue weighted by Crippen LogP contribution is -2.37. The molecule has 0 saturated carbocycles. The van der Waals surface area contributed by atoms with Crippen LogP contribution < -0.4 is 0 Å². The van der Waals surface area contributed by atoms with Gasteiger partial charge in [0.2, 0.25) is 5.91 Å². The average molecular weight is 362 g/mol. The molecule has 1 aliphatic heterocycles. The first-order chi connectivity index (χ1) is 13.0. The van der Waals surface area contributed by atoms with E-state index in [-0.39, 0.29) is 36.4 Å². The topological polar surface area (TPSA) is 40.6 Å². The second-order valence-corrected chi connectivity index (χ2v) is 7.09. The number of imide groups is 1. The highest BCUT2D eigenvalue weighted by atomic mass is 16.2. The zero-order valence-corrected chi connectivity index (χ0v) is 15.9. The van der Waals surface area contributed by atoms with Crippen LogP contribution in [0, 0.1) is 0 Å². The predicted octanol–water partition coefficient (Wildman–Crippen LogP) is 4.76. The molecule has 2 aromatic rings. The Balaban J connectivity index is 1.88. The molecule has 27 heavy (non-hydrogen) atoms. The highest BCUT2D eigenvalue weighted by Crippen LogP contribution is 2.36. The zero-order chi connectivity index (χ0) is 19.4. The summed E-state index contributed by atoms with van der Waals surface area (Å²) in [6.45, 7) is 5.82. The smallest absolute Gasteiger partial charge is 0.322 e. The summed E-state index contributed by atoms with van der Waals surface area (Å²) in [5.74, 6) is -0.123. The van der Waals surface area contributed by atoms with Gasteiger partial charge in [-0.2, -0.15) is 0 Å². The van der Waals surface area contributed by atoms with Crippen LogP contribution in [0.1, 0.15) is 42.9 Å². The molecule has 1 fully saturated rings. The van der Waals surface area contributed by atoms with Crippen molar-refractivity contribution in [3.8, 4) is 0 Å². The molecule has 140 valence electrons. The van der Waals surface area contributed by atoms with Crippen molar-refractivity contribution in [2.75, 3.05) is 7.05 Å². The maximum atomic E-state index is 13.2. The molecule has 0 N–H and O–H groups in total. The van der Waals surface area contributed by atoms with E-state index in [0.717, 1.165) is 11.1 Å². The Kier molecular flexibility index (Phi) is 5.75. The highest BCUT2D eigenvalue weighted by Gasteiger charge is 2.45. The van der Waals surface area contributed by atoms with Crippen LogP contribution in [-0.4, -0.2) is 34.8 Å². The zero-order valence-electron chi connectivity index (χ0n) is 15.9. The Labute approximate surface area is 161 Å². The molecule has 4 heteroatoms. The third-order valence-electron chi connectivity index (χ3n) is 5.41. The van der Waals surface area contributed by atoms with Crippen LogP contribution in [0.15, 0.2) is 73.3 Å². The van der Waals surface area contributed by atoms with Gasteiger partial charge in [-0.15, -0.1) is 6.58 Å². The van der Waals surface area contributed by atoms with Gasteiger partial charge in [0.25, 0.3) is 0 Å². The van der Waals surface area contributed by atoms with Gasteiger partial charge in [-0.3, -0.25) is 9.69 Å². The summed E-state index contributed by atoms with van der Waals surface area (Å²) in [5.41, 5.74) is 2.08. The van der Waals surface area contributed by atoms with Crippen molar-refractivity contribution in [1.29, 1.82) is 0 Å². The maximum Gasteiger partial charge on any atom is 0.327 e. The van der Waals surface area contributed by atoms with Crippen molar-refractivity contribution < 1.29 is 9.59 Å². The highest BCUT2D eigenvalue weighted by molar-refractivity contribution is 5.97. The number of hydrogen-bond acceptors (Lipinski definition) is 2. The molecule has 0 aliphatic carbocycles. The van der Waals surface area contributed by atoms with Gasteiger partial charge >= 0.3 is 6.03 Å². The molecular weight excluding hydrogens is 336 g/mol. The summed E-state index contributed by atoms with van der Waals surface area (Å²) in [4.78, 5) is 29.2. The van der Waals surface area contributed by atoms with Crippen molar-refractivity contribution in [2.45, 2.75) is 37.8 Å². The van der Waals surface area contributed by atoms with Gasteiger partial charge in [0.1, 0.15) is 0 Å². The number of likely N-dealkylation sites (N-methyl/N-ethyl adjacent to an activating group) is 1. The van der Waals surface area contributed by atoms with Crippen molar-refractivity contribution >= 4 is 11.9 Å². The van der Waals surface area contributed by atoms with E-state index in [4.69, 9.17) is 0 Å². The fraction of sp³-hybridized carbons (Fsp3) is 0.304. The van der Waals surface area contributed by atoms with Gasteiger partial charge in [0.15, 0.2) is 0 Å². The number of amides is 3. The fourth-order valence-corrected chi connectivity index (χ4v) is 3.80. The minimum absolute atomic E-state index is 0.0154. The molecule has 4 nitrogen and oxygen atoms in total. The number of benzene rings is 2. The summed E-state index contributed by atoms with van der Waals surface area (Å²) >= 11 is 0. The molecule has 3 rings (SSSR count). The summed E-state index contributed by atoms with van der Waals surface area (Å²) in [7, 11) is 1.76. The number of carbonyl (C=O) groups is 2. The van der Waals surface area contributed by atoms with Crippen LogP contribution in [0.3, 0.4) is 0 Å². The Bertz CT molecular complexity index is 804. The number of allylic oxidation sites excluding steroid dienone is 1. The molecule has 3 amide bonds. The molecule has 0 unspecified atom stereocenters. The lowest BCUT2D eigenvalue weighted by Gasteiger charge is -2.26. The van der Waals surface area contributed by atoms with Gasteiger partial charge < -0.3 is 4.90 Å². The number of rotatable bonds is 6. The molecule has 1 saturated heterocycles. The van der Waals surface area contributed by atoms with Gasteiger partial charge in [-0.25, -0.2) is 4.79 Å². The molecule has 0 bridgehead atoms. The van der Waals surface area contributed by atoms with Crippen LogP contribution in [0.5, 0.6) is 0 Å². The van der Waals surface area contributed by atoms with E-state index < -0.39 is 0 Å². The fourth-order valence-electron chi connectivity index (χ4n) is 3.80. The van der Waals surface area contributed by atoms with Gasteiger partial charge in [-0.05, 0) is 30.4 Å². The molecule has 1 heterocycles. The molecule has 1 aliphatic rings. The molecule has 0 spiro atoms. The van der Waals surface area contributed by atoms with Gasteiger partial charge in [0, 0.05) is 13.5 Å². The normalized spacial score (nSPS) is 20.6. The van der Waals surface area contributed by atoms with Gasteiger partial charge in [0.05, 0.1) is 12.1 Å². The van der Waals surface area contributed by atoms with Crippen LogP contribution >= 0.6 is 0 Å². The standard InChI is InChI=1S/C23H26N2O2/c1-4-11-20(18-12-7-5-8-13-18)16-21(26)25-22(17(2)24(3)23(25)27)19-14-9-6-10-15-19/h4-10,12-15,17,20,22H,1,11,16H2,2-3H3/t17-,20-,22-/m0/s1. The first-order valence-electron chi connectivity index (χ1n) is 9.34. The first kappa shape index (κ1) is 18.9. The van der Waals surface area contributed by atoms with Crippen molar-refractivity contribution in [3.05, 3.63) is 84.4 Å². The Morgan fingerprint density at radius 3 is 2.30 bits per heavy atom. The number of carbonyl (C=O) groups excluding carboxylic acids is 2. The minimum atomic E-state index is -0.267. The Hall–Kier alpha value is -2.88.